The molecule has 0 saturated heterocycles. The fourth-order valence-electron chi connectivity index (χ4n) is 2.95. The van der Waals surface area contributed by atoms with E-state index in [-0.39, 0.29) is 23.8 Å². The molecule has 21 heavy (non-hydrogen) atoms. The standard InChI is InChI=1S/C16H23N3O2/c1-3-19(4-2)16(21)13-6-5-7-14(13)18-15(20)12-8-10-17-11-9-12/h8-11,13-14H,3-7H2,1-2H3,(H,18,20)/t13-,14+/m0/s1. The van der Waals surface area contributed by atoms with E-state index in [0.717, 1.165) is 32.4 Å². The lowest BCUT2D eigenvalue weighted by molar-refractivity contribution is -0.135. The van der Waals surface area contributed by atoms with Gasteiger partial charge in [0.1, 0.15) is 0 Å². The molecule has 0 radical (unpaired) electrons. The van der Waals surface area contributed by atoms with Crippen LogP contribution in [-0.4, -0.2) is 40.8 Å². The second-order valence-electron chi connectivity index (χ2n) is 5.36. The molecule has 1 N–H and O–H groups in total. The van der Waals surface area contributed by atoms with Crippen LogP contribution in [0.5, 0.6) is 0 Å². The van der Waals surface area contributed by atoms with Crippen LogP contribution in [0.3, 0.4) is 0 Å². The van der Waals surface area contributed by atoms with Crippen LogP contribution in [-0.2, 0) is 4.79 Å². The van der Waals surface area contributed by atoms with Crippen LogP contribution < -0.4 is 5.32 Å². The molecule has 1 aliphatic rings. The van der Waals surface area contributed by atoms with Crippen LogP contribution >= 0.6 is 0 Å². The molecule has 2 rings (SSSR count). The van der Waals surface area contributed by atoms with Crippen LogP contribution in [0.1, 0.15) is 43.5 Å². The van der Waals surface area contributed by atoms with Crippen molar-refractivity contribution in [3.05, 3.63) is 30.1 Å². The minimum atomic E-state index is -0.123. The Morgan fingerprint density at radius 2 is 1.90 bits per heavy atom. The highest BCUT2D eigenvalue weighted by Crippen LogP contribution is 2.27. The van der Waals surface area contributed by atoms with Gasteiger partial charge in [-0.15, -0.1) is 0 Å². The predicted octanol–water partition coefficient (Wildman–Crippen LogP) is 1.85. The van der Waals surface area contributed by atoms with Crippen LogP contribution in [0.2, 0.25) is 0 Å². The van der Waals surface area contributed by atoms with Gasteiger partial charge in [0.25, 0.3) is 5.91 Å². The summed E-state index contributed by atoms with van der Waals surface area (Å²) in [5.74, 6) is -0.0464. The molecule has 0 aromatic carbocycles. The Morgan fingerprint density at radius 1 is 1.24 bits per heavy atom. The zero-order chi connectivity index (χ0) is 15.2. The molecular weight excluding hydrogens is 266 g/mol. The third kappa shape index (κ3) is 3.60. The molecule has 2 amide bonds. The molecule has 0 aliphatic heterocycles. The number of nitrogens with zero attached hydrogens (tertiary/aromatic N) is 2. The van der Waals surface area contributed by atoms with Gasteiger partial charge >= 0.3 is 0 Å². The van der Waals surface area contributed by atoms with Crippen molar-refractivity contribution in [2.45, 2.75) is 39.2 Å². The van der Waals surface area contributed by atoms with Gasteiger partial charge in [-0.05, 0) is 38.8 Å². The summed E-state index contributed by atoms with van der Waals surface area (Å²) in [5.41, 5.74) is 0.589. The lowest BCUT2D eigenvalue weighted by Crippen LogP contribution is -2.45. The Hall–Kier alpha value is -1.91. The first-order chi connectivity index (χ1) is 10.2. The third-order valence-electron chi connectivity index (χ3n) is 4.17. The highest BCUT2D eigenvalue weighted by molar-refractivity contribution is 5.94. The predicted molar refractivity (Wildman–Crippen MR) is 80.8 cm³/mol. The molecule has 1 saturated carbocycles. The van der Waals surface area contributed by atoms with Gasteiger partial charge in [0.15, 0.2) is 0 Å². The van der Waals surface area contributed by atoms with Crippen LogP contribution in [0.25, 0.3) is 0 Å². The van der Waals surface area contributed by atoms with Crippen molar-refractivity contribution in [2.24, 2.45) is 5.92 Å². The second kappa shape index (κ2) is 7.20. The largest absolute Gasteiger partial charge is 0.349 e. The second-order valence-corrected chi connectivity index (χ2v) is 5.36. The van der Waals surface area contributed by atoms with Gasteiger partial charge in [-0.1, -0.05) is 6.42 Å². The molecule has 5 nitrogen and oxygen atoms in total. The number of hydrogen-bond donors (Lipinski definition) is 1. The van der Waals surface area contributed by atoms with E-state index in [1.807, 2.05) is 18.7 Å². The molecule has 0 unspecified atom stereocenters. The van der Waals surface area contributed by atoms with E-state index >= 15 is 0 Å². The number of carbonyl (C=O) groups excluding carboxylic acids is 2. The molecule has 0 bridgehead atoms. The van der Waals surface area contributed by atoms with Crippen LogP contribution in [0.15, 0.2) is 24.5 Å². The van der Waals surface area contributed by atoms with Gasteiger partial charge < -0.3 is 10.2 Å². The zero-order valence-corrected chi connectivity index (χ0v) is 12.7. The van der Waals surface area contributed by atoms with Crippen molar-refractivity contribution in [3.8, 4) is 0 Å². The number of hydrogen-bond acceptors (Lipinski definition) is 3. The summed E-state index contributed by atoms with van der Waals surface area (Å²) in [6.07, 6.45) is 5.91. The fraction of sp³-hybridized carbons (Fsp3) is 0.562. The van der Waals surface area contributed by atoms with E-state index in [4.69, 9.17) is 0 Å². The van der Waals surface area contributed by atoms with E-state index in [0.29, 0.717) is 5.56 Å². The Labute approximate surface area is 125 Å². The molecule has 2 atom stereocenters. The maximum Gasteiger partial charge on any atom is 0.251 e. The quantitative estimate of drug-likeness (QED) is 0.900. The smallest absolute Gasteiger partial charge is 0.251 e. The molecule has 0 spiro atoms. The zero-order valence-electron chi connectivity index (χ0n) is 12.7. The maximum absolute atomic E-state index is 12.5. The van der Waals surface area contributed by atoms with Gasteiger partial charge in [0.05, 0.1) is 5.92 Å². The average molecular weight is 289 g/mol. The summed E-state index contributed by atoms with van der Waals surface area (Å²) >= 11 is 0. The van der Waals surface area contributed by atoms with Crippen LogP contribution in [0, 0.1) is 5.92 Å². The number of nitrogens with one attached hydrogen (secondary N) is 1. The molecule has 114 valence electrons. The number of amides is 2. The van der Waals surface area contributed by atoms with Crippen molar-refractivity contribution >= 4 is 11.8 Å². The summed E-state index contributed by atoms with van der Waals surface area (Å²) in [6.45, 7) is 5.41. The molecule has 1 aromatic heterocycles. The van der Waals surface area contributed by atoms with E-state index < -0.39 is 0 Å². The van der Waals surface area contributed by atoms with E-state index in [9.17, 15) is 9.59 Å². The summed E-state index contributed by atoms with van der Waals surface area (Å²) in [7, 11) is 0. The van der Waals surface area contributed by atoms with Gasteiger partial charge in [0.2, 0.25) is 5.91 Å². The first-order valence-corrected chi connectivity index (χ1v) is 7.67. The number of aromatic nitrogens is 1. The Bertz CT molecular complexity index is 486. The molecule has 1 aromatic rings. The first kappa shape index (κ1) is 15.5. The minimum absolute atomic E-state index is 0.0567. The summed E-state index contributed by atoms with van der Waals surface area (Å²) in [5, 5.41) is 3.01. The number of rotatable bonds is 5. The van der Waals surface area contributed by atoms with Crippen molar-refractivity contribution in [1.29, 1.82) is 0 Å². The van der Waals surface area contributed by atoms with Crippen molar-refractivity contribution in [1.82, 2.24) is 15.2 Å². The van der Waals surface area contributed by atoms with Gasteiger partial charge in [-0.2, -0.15) is 0 Å². The first-order valence-electron chi connectivity index (χ1n) is 7.67. The highest BCUT2D eigenvalue weighted by Gasteiger charge is 2.35. The lowest BCUT2D eigenvalue weighted by Gasteiger charge is -2.27. The number of pyridine rings is 1. The fourth-order valence-corrected chi connectivity index (χ4v) is 2.95. The molecule has 5 heteroatoms. The monoisotopic (exact) mass is 289 g/mol. The van der Waals surface area contributed by atoms with E-state index in [1.165, 1.54) is 0 Å². The minimum Gasteiger partial charge on any atom is -0.349 e. The Morgan fingerprint density at radius 3 is 2.52 bits per heavy atom. The molecular formula is C16H23N3O2. The van der Waals surface area contributed by atoms with Gasteiger partial charge in [-0.25, -0.2) is 0 Å². The van der Waals surface area contributed by atoms with Gasteiger partial charge in [0, 0.05) is 37.1 Å². The maximum atomic E-state index is 12.5. The highest BCUT2D eigenvalue weighted by atomic mass is 16.2. The Kier molecular flexibility index (Phi) is 5.31. The Balaban J connectivity index is 2.02. The lowest BCUT2D eigenvalue weighted by atomic mass is 10.0. The van der Waals surface area contributed by atoms with Crippen molar-refractivity contribution in [3.63, 3.8) is 0 Å². The van der Waals surface area contributed by atoms with E-state index in [1.54, 1.807) is 24.5 Å². The van der Waals surface area contributed by atoms with Crippen LogP contribution in [0.4, 0.5) is 0 Å². The van der Waals surface area contributed by atoms with Crippen molar-refractivity contribution < 1.29 is 9.59 Å². The molecule has 1 aliphatic carbocycles. The summed E-state index contributed by atoms with van der Waals surface area (Å²) in [6, 6.07) is 3.32. The SMILES string of the molecule is CCN(CC)C(=O)[C@H]1CCC[C@H]1NC(=O)c1ccncc1. The average Bonchev–Trinajstić information content (AvgIpc) is 2.97. The topological polar surface area (TPSA) is 62.3 Å². The molecule has 1 heterocycles. The third-order valence-corrected chi connectivity index (χ3v) is 4.17. The van der Waals surface area contributed by atoms with Crippen molar-refractivity contribution in [2.75, 3.05) is 13.1 Å². The van der Waals surface area contributed by atoms with E-state index in [2.05, 4.69) is 10.3 Å². The normalized spacial score (nSPS) is 21.0. The number of carbonyl (C=O) groups is 2. The summed E-state index contributed by atoms with van der Waals surface area (Å²) in [4.78, 5) is 30.5. The molecule has 1 fully saturated rings. The summed E-state index contributed by atoms with van der Waals surface area (Å²) < 4.78 is 0. The van der Waals surface area contributed by atoms with Gasteiger partial charge in [-0.3, -0.25) is 14.6 Å².